The summed E-state index contributed by atoms with van der Waals surface area (Å²) in [4.78, 5) is 12.0. The molecule has 0 bridgehead atoms. The van der Waals surface area contributed by atoms with E-state index in [0.29, 0.717) is 25.7 Å². The second kappa shape index (κ2) is 6.08. The molecule has 0 radical (unpaired) electrons. The Labute approximate surface area is 106 Å². The van der Waals surface area contributed by atoms with Crippen LogP contribution in [0.1, 0.15) is 25.7 Å². The Kier molecular flexibility index (Phi) is 4.69. The van der Waals surface area contributed by atoms with Gasteiger partial charge in [-0.1, -0.05) is 0 Å². The summed E-state index contributed by atoms with van der Waals surface area (Å²) >= 11 is 0. The van der Waals surface area contributed by atoms with Crippen LogP contribution >= 0.6 is 0 Å². The number of rotatable bonds is 5. The van der Waals surface area contributed by atoms with Gasteiger partial charge >= 0.3 is 0 Å². The number of Topliss-reactive ketones (excluding diaryl/α,β-unsaturated/α-hetero) is 1. The van der Waals surface area contributed by atoms with Gasteiger partial charge in [0.1, 0.15) is 12.2 Å². The Morgan fingerprint density at radius 3 is 2.22 bits per heavy atom. The molecule has 0 aromatic rings. The van der Waals surface area contributed by atoms with Crippen LogP contribution in [-0.4, -0.2) is 64.8 Å². The van der Waals surface area contributed by atoms with Crippen LogP contribution in [0.15, 0.2) is 0 Å². The van der Waals surface area contributed by atoms with Crippen LogP contribution in [-0.2, 0) is 14.3 Å². The van der Waals surface area contributed by atoms with E-state index in [9.17, 15) is 9.90 Å². The molecule has 3 N–H and O–H groups in total. The van der Waals surface area contributed by atoms with E-state index in [0.717, 1.165) is 0 Å². The SMILES string of the molecule is O=C(C1CCC(CO)O1)C(O)C1CCC(CO)O1. The number of carbonyl (C=O) groups excluding carboxylic acids is 1. The Morgan fingerprint density at radius 2 is 1.67 bits per heavy atom. The van der Waals surface area contributed by atoms with Gasteiger partial charge < -0.3 is 24.8 Å². The molecule has 2 fully saturated rings. The summed E-state index contributed by atoms with van der Waals surface area (Å²) < 4.78 is 10.7. The Bertz CT molecular complexity index is 294. The van der Waals surface area contributed by atoms with Crippen LogP contribution in [0, 0.1) is 0 Å². The van der Waals surface area contributed by atoms with Gasteiger partial charge in [-0.15, -0.1) is 0 Å². The van der Waals surface area contributed by atoms with E-state index in [1.165, 1.54) is 0 Å². The standard InChI is InChI=1S/C12H20O6/c13-5-7-1-3-9(17-7)11(15)12(16)10-4-2-8(6-14)18-10/h7-11,13-15H,1-6H2. The Morgan fingerprint density at radius 1 is 1.06 bits per heavy atom. The van der Waals surface area contributed by atoms with Crippen LogP contribution < -0.4 is 0 Å². The van der Waals surface area contributed by atoms with Gasteiger partial charge in [-0.05, 0) is 25.7 Å². The molecule has 0 aliphatic carbocycles. The number of ketones is 1. The number of aliphatic hydroxyl groups is 3. The number of hydrogen-bond acceptors (Lipinski definition) is 6. The van der Waals surface area contributed by atoms with E-state index in [1.807, 2.05) is 0 Å². The monoisotopic (exact) mass is 260 g/mol. The van der Waals surface area contributed by atoms with Gasteiger partial charge in [-0.3, -0.25) is 4.79 Å². The third kappa shape index (κ3) is 2.89. The highest BCUT2D eigenvalue weighted by molar-refractivity contribution is 5.88. The van der Waals surface area contributed by atoms with Crippen molar-refractivity contribution in [1.29, 1.82) is 0 Å². The van der Waals surface area contributed by atoms with Gasteiger partial charge in [0, 0.05) is 0 Å². The highest BCUT2D eigenvalue weighted by Gasteiger charge is 2.40. The van der Waals surface area contributed by atoms with Crippen molar-refractivity contribution < 1.29 is 29.6 Å². The zero-order chi connectivity index (χ0) is 13.1. The van der Waals surface area contributed by atoms with Crippen molar-refractivity contribution in [1.82, 2.24) is 0 Å². The molecule has 18 heavy (non-hydrogen) atoms. The topological polar surface area (TPSA) is 96.2 Å². The predicted octanol–water partition coefficient (Wildman–Crippen LogP) is -1.00. The van der Waals surface area contributed by atoms with Crippen LogP contribution in [0.5, 0.6) is 0 Å². The fraction of sp³-hybridized carbons (Fsp3) is 0.917. The van der Waals surface area contributed by atoms with E-state index >= 15 is 0 Å². The largest absolute Gasteiger partial charge is 0.394 e. The maximum Gasteiger partial charge on any atom is 0.192 e. The lowest BCUT2D eigenvalue weighted by Crippen LogP contribution is -2.41. The summed E-state index contributed by atoms with van der Waals surface area (Å²) in [5.41, 5.74) is 0. The first-order valence-corrected chi connectivity index (χ1v) is 6.40. The molecule has 0 aromatic heterocycles. The fourth-order valence-corrected chi connectivity index (χ4v) is 2.52. The maximum absolute atomic E-state index is 12.0. The summed E-state index contributed by atoms with van der Waals surface area (Å²) in [5.74, 6) is -0.380. The van der Waals surface area contributed by atoms with Gasteiger partial charge in [0.05, 0.1) is 31.5 Å². The first-order valence-electron chi connectivity index (χ1n) is 6.40. The number of ether oxygens (including phenoxy) is 2. The highest BCUT2D eigenvalue weighted by Crippen LogP contribution is 2.26. The molecule has 2 saturated heterocycles. The molecular weight excluding hydrogens is 240 g/mol. The molecule has 0 saturated carbocycles. The first kappa shape index (κ1) is 13.9. The zero-order valence-electron chi connectivity index (χ0n) is 10.2. The van der Waals surface area contributed by atoms with Gasteiger partial charge in [-0.25, -0.2) is 0 Å². The smallest absolute Gasteiger partial charge is 0.192 e. The van der Waals surface area contributed by atoms with Gasteiger partial charge in [0.2, 0.25) is 0 Å². The van der Waals surface area contributed by atoms with Crippen LogP contribution in [0.25, 0.3) is 0 Å². The summed E-state index contributed by atoms with van der Waals surface area (Å²) in [6.07, 6.45) is -0.621. The summed E-state index contributed by atoms with van der Waals surface area (Å²) in [6, 6.07) is 0. The van der Waals surface area contributed by atoms with E-state index in [4.69, 9.17) is 19.7 Å². The van der Waals surface area contributed by atoms with Crippen LogP contribution in [0.2, 0.25) is 0 Å². The van der Waals surface area contributed by atoms with E-state index < -0.39 is 18.3 Å². The quantitative estimate of drug-likeness (QED) is 0.586. The molecule has 2 rings (SSSR count). The second-order valence-electron chi connectivity index (χ2n) is 4.91. The van der Waals surface area contributed by atoms with Gasteiger partial charge in [-0.2, -0.15) is 0 Å². The minimum atomic E-state index is -1.20. The summed E-state index contributed by atoms with van der Waals surface area (Å²) in [5, 5.41) is 27.8. The molecule has 2 aliphatic rings. The Balaban J connectivity index is 1.85. The van der Waals surface area contributed by atoms with Crippen LogP contribution in [0.3, 0.4) is 0 Å². The molecular formula is C12H20O6. The molecule has 6 heteroatoms. The molecule has 2 heterocycles. The highest BCUT2D eigenvalue weighted by atomic mass is 16.5. The van der Waals surface area contributed by atoms with Crippen molar-refractivity contribution in [3.8, 4) is 0 Å². The second-order valence-corrected chi connectivity index (χ2v) is 4.91. The van der Waals surface area contributed by atoms with E-state index in [-0.39, 0.29) is 31.2 Å². The third-order valence-electron chi connectivity index (χ3n) is 3.62. The number of aliphatic hydroxyl groups excluding tert-OH is 3. The average molecular weight is 260 g/mol. The molecule has 0 amide bonds. The van der Waals surface area contributed by atoms with Crippen molar-refractivity contribution in [2.75, 3.05) is 13.2 Å². The molecule has 2 aliphatic heterocycles. The van der Waals surface area contributed by atoms with Crippen molar-refractivity contribution in [2.24, 2.45) is 0 Å². The summed E-state index contributed by atoms with van der Waals surface area (Å²) in [7, 11) is 0. The van der Waals surface area contributed by atoms with Crippen molar-refractivity contribution >= 4 is 5.78 Å². The average Bonchev–Trinajstić information content (AvgIpc) is 3.05. The van der Waals surface area contributed by atoms with E-state index in [2.05, 4.69) is 0 Å². The number of carbonyl (C=O) groups is 1. The number of hydrogen-bond donors (Lipinski definition) is 3. The lowest BCUT2D eigenvalue weighted by molar-refractivity contribution is -0.147. The van der Waals surface area contributed by atoms with Gasteiger partial charge in [0.15, 0.2) is 5.78 Å². The lowest BCUT2D eigenvalue weighted by Gasteiger charge is -2.20. The Hall–Kier alpha value is -0.530. The molecule has 6 nitrogen and oxygen atoms in total. The zero-order valence-corrected chi connectivity index (χ0v) is 10.2. The van der Waals surface area contributed by atoms with Crippen molar-refractivity contribution in [2.45, 2.75) is 56.2 Å². The molecule has 104 valence electrons. The summed E-state index contributed by atoms with van der Waals surface area (Å²) in [6.45, 7) is -0.198. The van der Waals surface area contributed by atoms with Crippen molar-refractivity contribution in [3.63, 3.8) is 0 Å². The third-order valence-corrected chi connectivity index (χ3v) is 3.62. The van der Waals surface area contributed by atoms with E-state index in [1.54, 1.807) is 0 Å². The molecule has 0 spiro atoms. The normalized spacial score (nSPS) is 37.9. The molecule has 5 atom stereocenters. The van der Waals surface area contributed by atoms with Gasteiger partial charge in [0.25, 0.3) is 0 Å². The maximum atomic E-state index is 12.0. The molecule has 0 aromatic carbocycles. The lowest BCUT2D eigenvalue weighted by atomic mass is 10.0. The van der Waals surface area contributed by atoms with Crippen LogP contribution in [0.4, 0.5) is 0 Å². The minimum absolute atomic E-state index is 0.0933. The fourth-order valence-electron chi connectivity index (χ4n) is 2.52. The predicted molar refractivity (Wildman–Crippen MR) is 61.0 cm³/mol. The minimum Gasteiger partial charge on any atom is -0.394 e. The van der Waals surface area contributed by atoms with Crippen molar-refractivity contribution in [3.05, 3.63) is 0 Å². The molecule has 5 unspecified atom stereocenters. The first-order chi connectivity index (χ1) is 8.65.